The van der Waals surface area contributed by atoms with E-state index >= 15 is 0 Å². The minimum absolute atomic E-state index is 0.100. The van der Waals surface area contributed by atoms with E-state index in [2.05, 4.69) is 23.5 Å². The highest BCUT2D eigenvalue weighted by Crippen LogP contribution is 2.22. The molecule has 4 nitrogen and oxygen atoms in total. The minimum atomic E-state index is -0.224. The molecule has 1 atom stereocenters. The van der Waals surface area contributed by atoms with Gasteiger partial charge in [-0.2, -0.15) is 0 Å². The van der Waals surface area contributed by atoms with Gasteiger partial charge in [-0.1, -0.05) is 24.3 Å². The fourth-order valence-electron chi connectivity index (χ4n) is 4.24. The first-order valence-corrected chi connectivity index (χ1v) is 9.23. The second-order valence-electron chi connectivity index (χ2n) is 7.28. The number of rotatable bonds is 2. The predicted molar refractivity (Wildman–Crippen MR) is 98.0 cm³/mol. The van der Waals surface area contributed by atoms with Crippen molar-refractivity contribution in [2.24, 2.45) is 7.05 Å². The minimum Gasteiger partial charge on any atom is -0.349 e. The first-order valence-electron chi connectivity index (χ1n) is 9.23. The highest BCUT2D eigenvalue weighted by molar-refractivity contribution is 5.94. The second-order valence-corrected chi connectivity index (χ2v) is 7.28. The molecule has 130 valence electrons. The number of aryl methyl sites for hydroxylation is 2. The van der Waals surface area contributed by atoms with Crippen LogP contribution in [-0.2, 0) is 32.7 Å². The van der Waals surface area contributed by atoms with Crippen LogP contribution in [0, 0.1) is 0 Å². The lowest BCUT2D eigenvalue weighted by molar-refractivity contribution is 0.0931. The average Bonchev–Trinajstić information content (AvgIpc) is 2.64. The molecule has 0 aliphatic heterocycles. The molecule has 0 spiro atoms. The Hall–Kier alpha value is -2.36. The number of hydrogen-bond donors (Lipinski definition) is 1. The van der Waals surface area contributed by atoms with Crippen LogP contribution in [0.2, 0.25) is 0 Å². The number of carbonyl (C=O) groups is 1. The molecule has 2 aromatic rings. The number of amides is 1. The Balaban J connectivity index is 1.56. The zero-order valence-electron chi connectivity index (χ0n) is 14.7. The summed E-state index contributed by atoms with van der Waals surface area (Å²) in [5, 5.41) is 3.10. The summed E-state index contributed by atoms with van der Waals surface area (Å²) in [6.07, 6.45) is 6.88. The van der Waals surface area contributed by atoms with Crippen molar-refractivity contribution in [3.05, 3.63) is 68.6 Å². The Morgan fingerprint density at radius 2 is 1.84 bits per heavy atom. The molecule has 1 aromatic heterocycles. The lowest BCUT2D eigenvalue weighted by Gasteiger charge is -2.26. The van der Waals surface area contributed by atoms with Crippen LogP contribution in [0.15, 0.2) is 35.1 Å². The Morgan fingerprint density at radius 1 is 1.08 bits per heavy atom. The third-order valence-corrected chi connectivity index (χ3v) is 5.67. The number of benzene rings is 1. The maximum absolute atomic E-state index is 12.8. The van der Waals surface area contributed by atoms with Crippen molar-refractivity contribution < 1.29 is 4.79 Å². The monoisotopic (exact) mass is 336 g/mol. The van der Waals surface area contributed by atoms with E-state index in [9.17, 15) is 9.59 Å². The van der Waals surface area contributed by atoms with E-state index in [1.807, 2.05) is 12.1 Å². The molecule has 1 amide bonds. The fraction of sp³-hybridized carbons (Fsp3) is 0.429. The maximum Gasteiger partial charge on any atom is 0.263 e. The third-order valence-electron chi connectivity index (χ3n) is 5.67. The van der Waals surface area contributed by atoms with E-state index < -0.39 is 0 Å². The molecule has 1 aromatic carbocycles. The number of carbonyl (C=O) groups excluding carboxylic acids is 1. The van der Waals surface area contributed by atoms with Crippen LogP contribution in [0.25, 0.3) is 0 Å². The fourth-order valence-corrected chi connectivity index (χ4v) is 4.24. The highest BCUT2D eigenvalue weighted by atomic mass is 16.2. The first kappa shape index (κ1) is 16.1. The number of pyridine rings is 1. The van der Waals surface area contributed by atoms with Gasteiger partial charge in [0.15, 0.2) is 0 Å². The smallest absolute Gasteiger partial charge is 0.263 e. The molecule has 25 heavy (non-hydrogen) atoms. The van der Waals surface area contributed by atoms with Crippen molar-refractivity contribution in [3.8, 4) is 0 Å². The summed E-state index contributed by atoms with van der Waals surface area (Å²) in [6, 6.07) is 10.3. The molecule has 0 saturated heterocycles. The van der Waals surface area contributed by atoms with Crippen molar-refractivity contribution in [3.63, 3.8) is 0 Å². The molecule has 0 bridgehead atoms. The van der Waals surface area contributed by atoms with Crippen LogP contribution >= 0.6 is 0 Å². The summed E-state index contributed by atoms with van der Waals surface area (Å²) in [7, 11) is 1.79. The molecule has 0 fully saturated rings. The summed E-state index contributed by atoms with van der Waals surface area (Å²) >= 11 is 0. The molecule has 4 rings (SSSR count). The van der Waals surface area contributed by atoms with Crippen LogP contribution in [0.3, 0.4) is 0 Å². The number of fused-ring (bicyclic) bond motifs is 2. The molecule has 2 aliphatic rings. The van der Waals surface area contributed by atoms with Crippen molar-refractivity contribution in [1.29, 1.82) is 0 Å². The van der Waals surface area contributed by atoms with E-state index in [0.29, 0.717) is 5.56 Å². The molecular weight excluding hydrogens is 312 g/mol. The van der Waals surface area contributed by atoms with E-state index in [1.54, 1.807) is 11.6 Å². The van der Waals surface area contributed by atoms with Gasteiger partial charge in [-0.3, -0.25) is 9.59 Å². The van der Waals surface area contributed by atoms with E-state index in [-0.39, 0.29) is 17.5 Å². The van der Waals surface area contributed by atoms with Gasteiger partial charge in [0.25, 0.3) is 11.5 Å². The molecule has 0 saturated carbocycles. The number of aromatic nitrogens is 1. The topological polar surface area (TPSA) is 51.1 Å². The summed E-state index contributed by atoms with van der Waals surface area (Å²) < 4.78 is 1.68. The largest absolute Gasteiger partial charge is 0.349 e. The molecule has 4 heteroatoms. The summed E-state index contributed by atoms with van der Waals surface area (Å²) in [4.78, 5) is 25.4. The van der Waals surface area contributed by atoms with Crippen LogP contribution in [-0.4, -0.2) is 16.5 Å². The van der Waals surface area contributed by atoms with Gasteiger partial charge in [0.1, 0.15) is 5.56 Å². The quantitative estimate of drug-likeness (QED) is 0.916. The molecule has 1 unspecified atom stereocenters. The SMILES string of the molecule is Cn1c2c(cc(C(=O)NC3CCc4ccccc4C3)c1=O)CCCC2. The van der Waals surface area contributed by atoms with Gasteiger partial charge in [0.2, 0.25) is 0 Å². The highest BCUT2D eigenvalue weighted by Gasteiger charge is 2.24. The molecular formula is C21H24N2O2. The van der Waals surface area contributed by atoms with Crippen LogP contribution in [0.5, 0.6) is 0 Å². The standard InChI is InChI=1S/C21H24N2O2/c1-23-19-9-5-4-8-16(19)13-18(21(23)25)20(24)22-17-11-10-14-6-2-3-7-15(14)12-17/h2-3,6-7,13,17H,4-5,8-12H2,1H3,(H,22,24). The zero-order chi connectivity index (χ0) is 17.4. The Kier molecular flexibility index (Phi) is 4.20. The van der Waals surface area contributed by atoms with Gasteiger partial charge < -0.3 is 9.88 Å². The Morgan fingerprint density at radius 3 is 2.68 bits per heavy atom. The van der Waals surface area contributed by atoms with Crippen molar-refractivity contribution >= 4 is 5.91 Å². The zero-order valence-corrected chi connectivity index (χ0v) is 14.7. The average molecular weight is 336 g/mol. The Bertz CT molecular complexity index is 882. The number of nitrogens with one attached hydrogen (secondary N) is 1. The van der Waals surface area contributed by atoms with Crippen LogP contribution in [0.1, 0.15) is 52.0 Å². The van der Waals surface area contributed by atoms with Crippen molar-refractivity contribution in [1.82, 2.24) is 9.88 Å². The van der Waals surface area contributed by atoms with Crippen molar-refractivity contribution in [2.45, 2.75) is 51.0 Å². The van der Waals surface area contributed by atoms with Gasteiger partial charge in [-0.25, -0.2) is 0 Å². The van der Waals surface area contributed by atoms with Gasteiger partial charge in [0, 0.05) is 18.8 Å². The van der Waals surface area contributed by atoms with E-state index in [0.717, 1.165) is 56.2 Å². The predicted octanol–water partition coefficient (Wildman–Crippen LogP) is 2.55. The first-order chi connectivity index (χ1) is 12.1. The summed E-state index contributed by atoms with van der Waals surface area (Å²) in [5.74, 6) is -0.224. The maximum atomic E-state index is 12.8. The van der Waals surface area contributed by atoms with Crippen molar-refractivity contribution in [2.75, 3.05) is 0 Å². The molecule has 2 aliphatic carbocycles. The van der Waals surface area contributed by atoms with Gasteiger partial charge in [-0.15, -0.1) is 0 Å². The normalized spacial score (nSPS) is 19.0. The molecule has 1 heterocycles. The summed E-state index contributed by atoms with van der Waals surface area (Å²) in [6.45, 7) is 0. The van der Waals surface area contributed by atoms with Gasteiger partial charge in [0.05, 0.1) is 0 Å². The Labute approximate surface area is 147 Å². The van der Waals surface area contributed by atoms with Crippen LogP contribution in [0.4, 0.5) is 0 Å². The molecule has 0 radical (unpaired) electrons. The lowest BCUT2D eigenvalue weighted by Crippen LogP contribution is -2.42. The van der Waals surface area contributed by atoms with E-state index in [4.69, 9.17) is 0 Å². The van der Waals surface area contributed by atoms with Gasteiger partial charge in [-0.05, 0) is 67.7 Å². The lowest BCUT2D eigenvalue weighted by atomic mass is 9.88. The second kappa shape index (κ2) is 6.51. The van der Waals surface area contributed by atoms with Crippen LogP contribution < -0.4 is 10.9 Å². The molecule has 1 N–H and O–H groups in total. The third kappa shape index (κ3) is 3.01. The number of hydrogen-bond acceptors (Lipinski definition) is 2. The summed E-state index contributed by atoms with van der Waals surface area (Å²) in [5.41, 5.74) is 5.05. The van der Waals surface area contributed by atoms with Gasteiger partial charge >= 0.3 is 0 Å². The van der Waals surface area contributed by atoms with E-state index in [1.165, 1.54) is 11.1 Å². The number of nitrogens with zero attached hydrogens (tertiary/aromatic N) is 1.